The first-order valence-corrected chi connectivity index (χ1v) is 11.1. The number of piperidine rings is 1. The van der Waals surface area contributed by atoms with E-state index < -0.39 is 0 Å². The van der Waals surface area contributed by atoms with Crippen LogP contribution in [0.3, 0.4) is 0 Å². The summed E-state index contributed by atoms with van der Waals surface area (Å²) in [5.41, 5.74) is 2.58. The van der Waals surface area contributed by atoms with Gasteiger partial charge in [0, 0.05) is 61.6 Å². The van der Waals surface area contributed by atoms with Crippen molar-refractivity contribution in [1.82, 2.24) is 19.8 Å². The van der Waals surface area contributed by atoms with Gasteiger partial charge in [-0.1, -0.05) is 17.7 Å². The molecule has 1 atom stereocenters. The zero-order valence-corrected chi connectivity index (χ0v) is 18.5. The lowest BCUT2D eigenvalue weighted by Gasteiger charge is -2.35. The lowest BCUT2D eigenvalue weighted by Crippen LogP contribution is -2.46. The number of hydrogen-bond donors (Lipinski definition) is 0. The topological polar surface area (TPSA) is 66.4 Å². The Hall–Kier alpha value is -3.25. The summed E-state index contributed by atoms with van der Waals surface area (Å²) in [7, 11) is 0. The van der Waals surface area contributed by atoms with Crippen molar-refractivity contribution in [3.63, 3.8) is 0 Å². The molecule has 2 aromatic heterocycles. The molecule has 164 valence electrons. The summed E-state index contributed by atoms with van der Waals surface area (Å²) in [5, 5.41) is 0.593. The first kappa shape index (κ1) is 22.0. The Morgan fingerprint density at radius 3 is 2.44 bits per heavy atom. The molecule has 3 aromatic rings. The number of hydrogen-bond acceptors (Lipinski definition) is 4. The number of pyridine rings is 2. The molecule has 0 radical (unpaired) electrons. The first-order valence-electron chi connectivity index (χ1n) is 10.7. The molecule has 0 spiro atoms. The van der Waals surface area contributed by atoms with E-state index >= 15 is 0 Å². The quantitative estimate of drug-likeness (QED) is 0.566. The zero-order valence-electron chi connectivity index (χ0n) is 17.7. The predicted octanol–water partition coefficient (Wildman–Crippen LogP) is 4.21. The van der Waals surface area contributed by atoms with Crippen LogP contribution in [-0.4, -0.2) is 44.7 Å². The molecule has 1 aromatic carbocycles. The van der Waals surface area contributed by atoms with Gasteiger partial charge in [-0.25, -0.2) is 0 Å². The molecule has 2 amide bonds. The molecule has 1 aliphatic rings. The average Bonchev–Trinajstić information content (AvgIpc) is 2.84. The molecule has 3 heterocycles. The smallest absolute Gasteiger partial charge is 0.253 e. The summed E-state index contributed by atoms with van der Waals surface area (Å²) >= 11 is 5.95. The number of halogens is 1. The van der Waals surface area contributed by atoms with Crippen molar-refractivity contribution in [2.24, 2.45) is 5.92 Å². The molecular formula is C25H25ClN4O2. The highest BCUT2D eigenvalue weighted by molar-refractivity contribution is 6.30. The van der Waals surface area contributed by atoms with E-state index in [4.69, 9.17) is 11.6 Å². The van der Waals surface area contributed by atoms with Gasteiger partial charge in [0.2, 0.25) is 5.91 Å². The van der Waals surface area contributed by atoms with Crippen LogP contribution in [-0.2, 0) is 17.9 Å². The van der Waals surface area contributed by atoms with E-state index in [0.29, 0.717) is 36.8 Å². The fraction of sp³-hybridized carbons (Fsp3) is 0.280. The Labute approximate surface area is 192 Å². The number of amides is 2. The van der Waals surface area contributed by atoms with E-state index in [0.717, 1.165) is 24.0 Å². The zero-order chi connectivity index (χ0) is 22.3. The average molecular weight is 449 g/mol. The molecule has 32 heavy (non-hydrogen) atoms. The van der Waals surface area contributed by atoms with E-state index in [2.05, 4.69) is 9.97 Å². The number of carbonyl (C=O) groups is 2. The van der Waals surface area contributed by atoms with Crippen LogP contribution in [0.5, 0.6) is 0 Å². The molecular weight excluding hydrogens is 424 g/mol. The van der Waals surface area contributed by atoms with E-state index in [1.165, 1.54) is 0 Å². The summed E-state index contributed by atoms with van der Waals surface area (Å²) in [4.78, 5) is 38.5. The van der Waals surface area contributed by atoms with Crippen molar-refractivity contribution in [2.75, 3.05) is 13.1 Å². The van der Waals surface area contributed by atoms with Gasteiger partial charge >= 0.3 is 0 Å². The normalized spacial score (nSPS) is 15.9. The van der Waals surface area contributed by atoms with E-state index in [9.17, 15) is 9.59 Å². The third kappa shape index (κ3) is 5.51. The molecule has 0 bridgehead atoms. The highest BCUT2D eigenvalue weighted by Gasteiger charge is 2.31. The highest BCUT2D eigenvalue weighted by atomic mass is 35.5. The predicted molar refractivity (Wildman–Crippen MR) is 123 cm³/mol. The number of aromatic nitrogens is 2. The molecule has 1 fully saturated rings. The van der Waals surface area contributed by atoms with Crippen LogP contribution in [0.2, 0.25) is 5.02 Å². The molecule has 7 heteroatoms. The van der Waals surface area contributed by atoms with Crippen LogP contribution in [0, 0.1) is 5.92 Å². The van der Waals surface area contributed by atoms with Crippen LogP contribution < -0.4 is 0 Å². The van der Waals surface area contributed by atoms with E-state index in [1.54, 1.807) is 54.0 Å². The van der Waals surface area contributed by atoms with Gasteiger partial charge in [-0.3, -0.25) is 19.6 Å². The van der Waals surface area contributed by atoms with Gasteiger partial charge in [-0.15, -0.1) is 0 Å². The van der Waals surface area contributed by atoms with E-state index in [-0.39, 0.29) is 17.7 Å². The molecule has 6 nitrogen and oxygen atoms in total. The maximum atomic E-state index is 13.6. The number of nitrogens with zero attached hydrogens (tertiary/aromatic N) is 4. The Morgan fingerprint density at radius 2 is 1.72 bits per heavy atom. The fourth-order valence-corrected chi connectivity index (χ4v) is 4.15. The van der Waals surface area contributed by atoms with Crippen LogP contribution in [0.15, 0.2) is 73.3 Å². The van der Waals surface area contributed by atoms with Crippen molar-refractivity contribution in [2.45, 2.75) is 25.9 Å². The van der Waals surface area contributed by atoms with E-state index in [1.807, 2.05) is 29.2 Å². The lowest BCUT2D eigenvalue weighted by molar-refractivity contribution is -0.138. The van der Waals surface area contributed by atoms with Crippen LogP contribution in [0.4, 0.5) is 0 Å². The van der Waals surface area contributed by atoms with Gasteiger partial charge in [-0.2, -0.15) is 0 Å². The van der Waals surface area contributed by atoms with Crippen LogP contribution >= 0.6 is 11.6 Å². The second-order valence-electron chi connectivity index (χ2n) is 8.01. The number of rotatable bonds is 6. The molecule has 1 saturated heterocycles. The standard InChI is InChI=1S/C25H25ClN4O2/c26-23-7-5-21(6-8-23)24(31)29-14-2-4-22(18-29)25(32)30(16-19-9-12-27-13-10-19)17-20-3-1-11-28-15-20/h1,3,5-13,15,22H,2,4,14,16-18H2. The van der Waals surface area contributed by atoms with Crippen molar-refractivity contribution in [3.05, 3.63) is 95.0 Å². The summed E-state index contributed by atoms with van der Waals surface area (Å²) in [6.45, 7) is 2.02. The molecule has 1 unspecified atom stereocenters. The minimum Gasteiger partial charge on any atom is -0.338 e. The van der Waals surface area contributed by atoms with Gasteiger partial charge in [0.25, 0.3) is 5.91 Å². The molecule has 0 aliphatic carbocycles. The van der Waals surface area contributed by atoms with Gasteiger partial charge in [0.1, 0.15) is 0 Å². The minimum absolute atomic E-state index is 0.0549. The van der Waals surface area contributed by atoms with Crippen molar-refractivity contribution in [1.29, 1.82) is 0 Å². The maximum Gasteiger partial charge on any atom is 0.253 e. The molecule has 0 N–H and O–H groups in total. The number of likely N-dealkylation sites (tertiary alicyclic amines) is 1. The van der Waals surface area contributed by atoms with Crippen molar-refractivity contribution in [3.8, 4) is 0 Å². The van der Waals surface area contributed by atoms with Gasteiger partial charge in [-0.05, 0) is 66.4 Å². The monoisotopic (exact) mass is 448 g/mol. The van der Waals surface area contributed by atoms with Crippen LogP contribution in [0.1, 0.15) is 34.3 Å². The largest absolute Gasteiger partial charge is 0.338 e. The number of carbonyl (C=O) groups excluding carboxylic acids is 2. The fourth-order valence-electron chi connectivity index (χ4n) is 4.03. The maximum absolute atomic E-state index is 13.6. The van der Waals surface area contributed by atoms with Crippen molar-refractivity contribution >= 4 is 23.4 Å². The second-order valence-corrected chi connectivity index (χ2v) is 8.44. The summed E-state index contributed by atoms with van der Waals surface area (Å²) in [6, 6.07) is 14.6. The minimum atomic E-state index is -0.237. The Kier molecular flexibility index (Phi) is 7.12. The second kappa shape index (κ2) is 10.4. The third-order valence-electron chi connectivity index (χ3n) is 5.68. The SMILES string of the molecule is O=C(c1ccc(Cl)cc1)N1CCCC(C(=O)N(Cc2ccncc2)Cc2cccnc2)C1. The summed E-state index contributed by atoms with van der Waals surface area (Å²) in [5.74, 6) is -0.245. The van der Waals surface area contributed by atoms with Gasteiger partial charge in [0.05, 0.1) is 5.92 Å². The molecule has 1 aliphatic heterocycles. The highest BCUT2D eigenvalue weighted by Crippen LogP contribution is 2.23. The molecule has 4 rings (SSSR count). The molecule has 0 saturated carbocycles. The Balaban J connectivity index is 1.50. The Morgan fingerprint density at radius 1 is 0.969 bits per heavy atom. The summed E-state index contributed by atoms with van der Waals surface area (Å²) < 4.78 is 0. The first-order chi connectivity index (χ1) is 15.6. The Bertz CT molecular complexity index is 1000. The number of benzene rings is 1. The lowest BCUT2D eigenvalue weighted by atomic mass is 9.95. The van der Waals surface area contributed by atoms with Gasteiger partial charge < -0.3 is 9.80 Å². The summed E-state index contributed by atoms with van der Waals surface area (Å²) in [6.07, 6.45) is 8.53. The van der Waals surface area contributed by atoms with Gasteiger partial charge in [0.15, 0.2) is 0 Å². The third-order valence-corrected chi connectivity index (χ3v) is 5.93. The van der Waals surface area contributed by atoms with Crippen LogP contribution in [0.25, 0.3) is 0 Å². The van der Waals surface area contributed by atoms with Crippen molar-refractivity contribution < 1.29 is 9.59 Å².